The molecule has 8 rings (SSSR count). The van der Waals surface area contributed by atoms with Crippen LogP contribution in [0.3, 0.4) is 0 Å². The number of hydrogen-bond acceptors (Lipinski definition) is 5. The summed E-state index contributed by atoms with van der Waals surface area (Å²) in [4.78, 5) is 0. The topological polar surface area (TPSA) is 83.8 Å². The Labute approximate surface area is 274 Å². The molecule has 9 heteroatoms. The average Bonchev–Trinajstić information content (AvgIpc) is 3.04. The van der Waals surface area contributed by atoms with Gasteiger partial charge in [-0.2, -0.15) is 21.6 Å². The van der Waals surface area contributed by atoms with E-state index in [1.807, 2.05) is 79.7 Å². The van der Waals surface area contributed by atoms with Crippen LogP contribution in [0.4, 0.5) is 13.2 Å². The number of aromatic hydroxyl groups is 2. The van der Waals surface area contributed by atoms with Gasteiger partial charge in [0.25, 0.3) is 0 Å². The van der Waals surface area contributed by atoms with E-state index in [2.05, 4.69) is 10.2 Å². The first-order chi connectivity index (χ1) is 22.4. The molecular formula is C39H29F3O5S. The molecule has 0 aliphatic rings. The standard InChI is InChI=1S/C20H13F3O3S.C18H12O2.CH4/c1-12-6-8-16-17-9-7-13(26-27(24,25)20(21,22)23)11-19(17)15-5-3-2-4-14(15)18(16)10-12;19-11-5-7-15-16-8-6-12(20)10-18(16)14-4-2-1-3-13(14)17(15)9-11;/h2-11H,1H3;1-10,19-20H;1H4. The Morgan fingerprint density at radius 1 is 0.500 bits per heavy atom. The van der Waals surface area contributed by atoms with Crippen LogP contribution in [0.25, 0.3) is 64.6 Å². The Kier molecular flexibility index (Phi) is 8.05. The Morgan fingerprint density at radius 2 is 0.854 bits per heavy atom. The van der Waals surface area contributed by atoms with Gasteiger partial charge in [-0.15, -0.1) is 0 Å². The molecule has 0 atom stereocenters. The van der Waals surface area contributed by atoms with Crippen molar-refractivity contribution in [2.45, 2.75) is 19.9 Å². The molecule has 8 aromatic rings. The van der Waals surface area contributed by atoms with E-state index in [1.54, 1.807) is 30.3 Å². The molecular weight excluding hydrogens is 637 g/mol. The van der Waals surface area contributed by atoms with Crippen molar-refractivity contribution in [3.63, 3.8) is 0 Å². The maximum atomic E-state index is 12.6. The third-order valence-corrected chi connectivity index (χ3v) is 9.24. The highest BCUT2D eigenvalue weighted by Crippen LogP contribution is 2.39. The van der Waals surface area contributed by atoms with E-state index < -0.39 is 15.6 Å². The molecule has 2 N–H and O–H groups in total. The summed E-state index contributed by atoms with van der Waals surface area (Å²) in [5.74, 6) is 0.151. The van der Waals surface area contributed by atoms with Gasteiger partial charge in [0.1, 0.15) is 17.2 Å². The van der Waals surface area contributed by atoms with Crippen LogP contribution >= 0.6 is 0 Å². The number of fused-ring (bicyclic) bond motifs is 12. The quantitative estimate of drug-likeness (QED) is 0.109. The highest BCUT2D eigenvalue weighted by molar-refractivity contribution is 7.88. The van der Waals surface area contributed by atoms with E-state index in [9.17, 15) is 31.8 Å². The van der Waals surface area contributed by atoms with Gasteiger partial charge >= 0.3 is 15.6 Å². The molecule has 0 unspecified atom stereocenters. The third-order valence-electron chi connectivity index (χ3n) is 8.26. The summed E-state index contributed by atoms with van der Waals surface area (Å²) in [6, 6.07) is 36.5. The zero-order valence-corrected chi connectivity index (χ0v) is 25.5. The Balaban J connectivity index is 0.000000170. The molecule has 48 heavy (non-hydrogen) atoms. The van der Waals surface area contributed by atoms with Crippen LogP contribution in [0.1, 0.15) is 13.0 Å². The Morgan fingerprint density at radius 3 is 1.29 bits per heavy atom. The number of alkyl halides is 3. The van der Waals surface area contributed by atoms with E-state index in [4.69, 9.17) is 0 Å². The minimum atomic E-state index is -5.72. The molecule has 0 aromatic heterocycles. The molecule has 8 aromatic carbocycles. The summed E-state index contributed by atoms with van der Waals surface area (Å²) in [6.07, 6.45) is 0. The summed E-state index contributed by atoms with van der Waals surface area (Å²) in [5.41, 5.74) is -4.39. The predicted molar refractivity (Wildman–Crippen MR) is 188 cm³/mol. The minimum absolute atomic E-state index is 0. The molecule has 0 aliphatic heterocycles. The molecule has 0 heterocycles. The fourth-order valence-corrected chi connectivity index (χ4v) is 6.66. The molecule has 5 nitrogen and oxygen atoms in total. The van der Waals surface area contributed by atoms with Crippen LogP contribution in [-0.4, -0.2) is 24.1 Å². The van der Waals surface area contributed by atoms with E-state index in [-0.39, 0.29) is 24.7 Å². The predicted octanol–water partition coefficient (Wildman–Crippen LogP) is 10.9. The zero-order valence-electron chi connectivity index (χ0n) is 24.7. The van der Waals surface area contributed by atoms with Gasteiger partial charge in [0.05, 0.1) is 0 Å². The second-order valence-corrected chi connectivity index (χ2v) is 12.8. The van der Waals surface area contributed by atoms with Gasteiger partial charge in [0, 0.05) is 0 Å². The van der Waals surface area contributed by atoms with Crippen molar-refractivity contribution in [2.24, 2.45) is 0 Å². The monoisotopic (exact) mass is 666 g/mol. The first kappa shape index (κ1) is 32.4. The number of phenols is 2. The number of halogens is 3. The van der Waals surface area contributed by atoms with Crippen LogP contribution in [0.2, 0.25) is 0 Å². The molecule has 0 amide bonds. The minimum Gasteiger partial charge on any atom is -0.508 e. The molecule has 0 bridgehead atoms. The normalized spacial score (nSPS) is 11.9. The van der Waals surface area contributed by atoms with Gasteiger partial charge < -0.3 is 14.4 Å². The highest BCUT2D eigenvalue weighted by atomic mass is 32.2. The van der Waals surface area contributed by atoms with Crippen LogP contribution in [0.5, 0.6) is 17.2 Å². The molecule has 0 aliphatic carbocycles. The lowest BCUT2D eigenvalue weighted by atomic mass is 9.93. The van der Waals surface area contributed by atoms with Crippen molar-refractivity contribution in [1.82, 2.24) is 0 Å². The lowest BCUT2D eigenvalue weighted by Crippen LogP contribution is -2.28. The van der Waals surface area contributed by atoms with Crippen LogP contribution < -0.4 is 4.18 Å². The Bertz CT molecular complexity index is 2530. The van der Waals surface area contributed by atoms with Crippen molar-refractivity contribution in [2.75, 3.05) is 0 Å². The molecule has 242 valence electrons. The lowest BCUT2D eigenvalue weighted by Gasteiger charge is -2.13. The molecule has 0 fully saturated rings. The van der Waals surface area contributed by atoms with E-state index >= 15 is 0 Å². The molecule has 0 saturated carbocycles. The highest BCUT2D eigenvalue weighted by Gasteiger charge is 2.48. The number of aryl methyl sites for hydroxylation is 1. The van der Waals surface area contributed by atoms with E-state index in [0.717, 1.165) is 64.8 Å². The van der Waals surface area contributed by atoms with Crippen LogP contribution in [-0.2, 0) is 10.1 Å². The molecule has 0 radical (unpaired) electrons. The number of rotatable bonds is 2. The lowest BCUT2D eigenvalue weighted by molar-refractivity contribution is -0.0500. The third kappa shape index (κ3) is 5.56. The smallest absolute Gasteiger partial charge is 0.508 e. The van der Waals surface area contributed by atoms with Crippen LogP contribution in [0.15, 0.2) is 121 Å². The van der Waals surface area contributed by atoms with Gasteiger partial charge in [-0.3, -0.25) is 0 Å². The van der Waals surface area contributed by atoms with Gasteiger partial charge in [-0.1, -0.05) is 91.9 Å². The number of phenolic OH excluding ortho intramolecular Hbond substituents is 2. The van der Waals surface area contributed by atoms with Crippen molar-refractivity contribution in [3.05, 3.63) is 127 Å². The summed E-state index contributed by atoms with van der Waals surface area (Å²) < 4.78 is 64.8. The number of benzene rings is 8. The second kappa shape index (κ2) is 11.9. The first-order valence-electron chi connectivity index (χ1n) is 14.5. The van der Waals surface area contributed by atoms with E-state index in [1.165, 1.54) is 12.1 Å². The fraction of sp³-hybridized carbons (Fsp3) is 0.0769. The molecule has 0 saturated heterocycles. The fourth-order valence-electron chi connectivity index (χ4n) is 6.21. The van der Waals surface area contributed by atoms with Gasteiger partial charge in [0.15, 0.2) is 0 Å². The SMILES string of the molecule is C.Cc1ccc2c3ccc(OS(=O)(=O)C(F)(F)F)cc3c3ccccc3c2c1.Oc1ccc2c3ccc(O)cc3c3ccccc3c2c1. The number of hydrogen-bond donors (Lipinski definition) is 2. The summed E-state index contributed by atoms with van der Waals surface area (Å²) in [6.45, 7) is 1.98. The van der Waals surface area contributed by atoms with Crippen molar-refractivity contribution < 1.29 is 36.0 Å². The summed E-state index contributed by atoms with van der Waals surface area (Å²) >= 11 is 0. The van der Waals surface area contributed by atoms with E-state index in [0.29, 0.717) is 5.39 Å². The first-order valence-corrected chi connectivity index (χ1v) is 15.9. The average molecular weight is 667 g/mol. The second-order valence-electron chi connectivity index (χ2n) is 11.3. The maximum absolute atomic E-state index is 12.6. The summed E-state index contributed by atoms with van der Waals surface area (Å²) in [5, 5.41) is 31.0. The van der Waals surface area contributed by atoms with Crippen molar-refractivity contribution >= 4 is 74.8 Å². The van der Waals surface area contributed by atoms with Crippen LogP contribution in [0, 0.1) is 6.92 Å². The summed E-state index contributed by atoms with van der Waals surface area (Å²) in [7, 11) is -5.72. The zero-order chi connectivity index (χ0) is 33.1. The maximum Gasteiger partial charge on any atom is 0.534 e. The molecule has 0 spiro atoms. The van der Waals surface area contributed by atoms with Gasteiger partial charge in [-0.05, 0) is 114 Å². The Hall–Kier alpha value is -5.54. The van der Waals surface area contributed by atoms with Gasteiger partial charge in [0.2, 0.25) is 0 Å². The largest absolute Gasteiger partial charge is 0.534 e. The van der Waals surface area contributed by atoms with Crippen molar-refractivity contribution in [1.29, 1.82) is 0 Å². The van der Waals surface area contributed by atoms with Crippen molar-refractivity contribution in [3.8, 4) is 17.2 Å². The van der Waals surface area contributed by atoms with Gasteiger partial charge in [-0.25, -0.2) is 0 Å².